The van der Waals surface area contributed by atoms with Crippen molar-refractivity contribution in [3.63, 3.8) is 0 Å². The molecule has 3 aromatic rings. The van der Waals surface area contributed by atoms with E-state index in [4.69, 9.17) is 4.74 Å². The first-order valence-corrected chi connectivity index (χ1v) is 7.45. The van der Waals surface area contributed by atoms with E-state index in [9.17, 15) is 4.79 Å². The summed E-state index contributed by atoms with van der Waals surface area (Å²) in [6.45, 7) is 0. The van der Waals surface area contributed by atoms with Crippen LogP contribution in [0.15, 0.2) is 48.5 Å². The van der Waals surface area contributed by atoms with E-state index < -0.39 is 0 Å². The highest BCUT2D eigenvalue weighted by Gasteiger charge is 2.10. The number of esters is 1. The Morgan fingerprint density at radius 2 is 1.90 bits per heavy atom. The molecule has 0 fully saturated rings. The fourth-order valence-electron chi connectivity index (χ4n) is 2.44. The number of alkyl halides is 1. The smallest absolute Gasteiger partial charge is 0.338 e. The van der Waals surface area contributed by atoms with Gasteiger partial charge in [0.15, 0.2) is 0 Å². The Balaban J connectivity index is 2.34. The van der Waals surface area contributed by atoms with Crippen LogP contribution in [-0.2, 0) is 10.1 Å². The fourth-order valence-corrected chi connectivity index (χ4v) is 2.79. The molecule has 2 nitrogen and oxygen atoms in total. The Kier molecular flexibility index (Phi) is 3.45. The highest BCUT2D eigenvalue weighted by atomic mass is 79.9. The zero-order valence-electron chi connectivity index (χ0n) is 11.0. The van der Waals surface area contributed by atoms with Crippen molar-refractivity contribution in [1.82, 2.24) is 0 Å². The maximum absolute atomic E-state index is 11.9. The van der Waals surface area contributed by atoms with Crippen molar-refractivity contribution in [1.29, 1.82) is 0 Å². The van der Waals surface area contributed by atoms with Crippen LogP contribution in [-0.4, -0.2) is 13.1 Å². The second kappa shape index (κ2) is 5.25. The molecular formula is C17H13BrO2. The predicted octanol–water partition coefficient (Wildman–Crippen LogP) is 4.67. The second-order valence-corrected chi connectivity index (χ2v) is 5.25. The quantitative estimate of drug-likeness (QED) is 0.388. The summed E-state index contributed by atoms with van der Waals surface area (Å²) >= 11 is 3.47. The van der Waals surface area contributed by atoms with Crippen molar-refractivity contribution in [2.24, 2.45) is 0 Å². The number of carbonyl (C=O) groups excluding carboxylic acids is 1. The molecule has 0 saturated heterocycles. The molecule has 0 spiro atoms. The van der Waals surface area contributed by atoms with E-state index in [1.807, 2.05) is 12.1 Å². The molecule has 0 aliphatic carbocycles. The van der Waals surface area contributed by atoms with Gasteiger partial charge < -0.3 is 4.74 Å². The Bertz CT molecular complexity index is 809. The number of rotatable bonds is 2. The number of benzene rings is 3. The molecule has 0 heterocycles. The average molecular weight is 329 g/mol. The first kappa shape index (κ1) is 13.1. The molecule has 100 valence electrons. The number of fused-ring (bicyclic) bond motifs is 2. The van der Waals surface area contributed by atoms with Crippen LogP contribution in [0.5, 0.6) is 0 Å². The van der Waals surface area contributed by atoms with Gasteiger partial charge >= 0.3 is 5.97 Å². The standard InChI is InChI=1S/C17H13BrO2/c1-20-17(19)15-4-2-3-13-8-12-6-5-11(10-18)7-14(12)9-16(13)15/h2-9H,10H2,1H3. The van der Waals surface area contributed by atoms with Gasteiger partial charge in [-0.3, -0.25) is 0 Å². The summed E-state index contributed by atoms with van der Waals surface area (Å²) in [6.07, 6.45) is 0. The number of carbonyl (C=O) groups is 1. The Hall–Kier alpha value is -1.87. The van der Waals surface area contributed by atoms with Crippen LogP contribution in [0.4, 0.5) is 0 Å². The Morgan fingerprint density at radius 1 is 1.05 bits per heavy atom. The summed E-state index contributed by atoms with van der Waals surface area (Å²) < 4.78 is 4.85. The number of methoxy groups -OCH3 is 1. The molecule has 0 aromatic heterocycles. The number of hydrogen-bond donors (Lipinski definition) is 0. The van der Waals surface area contributed by atoms with Crippen LogP contribution in [0.1, 0.15) is 15.9 Å². The number of ether oxygens (including phenoxy) is 1. The molecule has 3 heteroatoms. The molecule has 3 aromatic carbocycles. The van der Waals surface area contributed by atoms with E-state index >= 15 is 0 Å². The lowest BCUT2D eigenvalue weighted by Gasteiger charge is -2.08. The normalized spacial score (nSPS) is 10.9. The molecule has 0 aliphatic rings. The van der Waals surface area contributed by atoms with Crippen LogP contribution in [0.2, 0.25) is 0 Å². The van der Waals surface area contributed by atoms with E-state index in [0.717, 1.165) is 21.5 Å². The topological polar surface area (TPSA) is 26.3 Å². The molecular weight excluding hydrogens is 316 g/mol. The molecule has 0 bridgehead atoms. The van der Waals surface area contributed by atoms with Crippen LogP contribution in [0.3, 0.4) is 0 Å². The first-order chi connectivity index (χ1) is 9.72. The van der Waals surface area contributed by atoms with Crippen molar-refractivity contribution in [2.45, 2.75) is 5.33 Å². The van der Waals surface area contributed by atoms with Crippen molar-refractivity contribution in [2.75, 3.05) is 7.11 Å². The van der Waals surface area contributed by atoms with Gasteiger partial charge in [0.1, 0.15) is 0 Å². The summed E-state index contributed by atoms with van der Waals surface area (Å²) in [7, 11) is 1.41. The summed E-state index contributed by atoms with van der Waals surface area (Å²) in [6, 6.07) is 16.2. The summed E-state index contributed by atoms with van der Waals surface area (Å²) in [4.78, 5) is 11.9. The van der Waals surface area contributed by atoms with Gasteiger partial charge in [0.25, 0.3) is 0 Å². The molecule has 0 aliphatic heterocycles. The second-order valence-electron chi connectivity index (χ2n) is 4.69. The highest BCUT2D eigenvalue weighted by Crippen LogP contribution is 2.27. The van der Waals surface area contributed by atoms with Gasteiger partial charge in [0, 0.05) is 5.33 Å². The maximum atomic E-state index is 11.9. The third kappa shape index (κ3) is 2.18. The lowest BCUT2D eigenvalue weighted by molar-refractivity contribution is 0.0603. The molecule has 3 rings (SSSR count). The zero-order valence-corrected chi connectivity index (χ0v) is 12.6. The minimum atomic E-state index is -0.299. The van der Waals surface area contributed by atoms with E-state index in [0.29, 0.717) is 5.56 Å². The Labute approximate surface area is 125 Å². The van der Waals surface area contributed by atoms with Crippen molar-refractivity contribution in [3.05, 3.63) is 59.7 Å². The number of halogens is 1. The molecule has 0 saturated carbocycles. The van der Waals surface area contributed by atoms with Crippen LogP contribution in [0, 0.1) is 0 Å². The monoisotopic (exact) mass is 328 g/mol. The molecule has 20 heavy (non-hydrogen) atoms. The molecule has 0 atom stereocenters. The molecule has 0 N–H and O–H groups in total. The van der Waals surface area contributed by atoms with E-state index in [2.05, 4.69) is 46.3 Å². The van der Waals surface area contributed by atoms with Gasteiger partial charge in [-0.15, -0.1) is 0 Å². The minimum absolute atomic E-state index is 0.299. The van der Waals surface area contributed by atoms with Gasteiger partial charge in [-0.25, -0.2) is 4.79 Å². The number of hydrogen-bond acceptors (Lipinski definition) is 2. The largest absolute Gasteiger partial charge is 0.465 e. The van der Waals surface area contributed by atoms with Gasteiger partial charge in [0.2, 0.25) is 0 Å². The third-order valence-corrected chi connectivity index (χ3v) is 4.11. The average Bonchev–Trinajstić information content (AvgIpc) is 2.51. The van der Waals surface area contributed by atoms with Gasteiger partial charge in [-0.05, 0) is 45.3 Å². The van der Waals surface area contributed by atoms with E-state index in [1.54, 1.807) is 6.07 Å². The minimum Gasteiger partial charge on any atom is -0.465 e. The lowest BCUT2D eigenvalue weighted by Crippen LogP contribution is -2.01. The van der Waals surface area contributed by atoms with Gasteiger partial charge in [0.05, 0.1) is 12.7 Å². The van der Waals surface area contributed by atoms with Gasteiger partial charge in [-0.2, -0.15) is 0 Å². The van der Waals surface area contributed by atoms with Crippen molar-refractivity contribution in [3.8, 4) is 0 Å². The molecule has 0 radical (unpaired) electrons. The van der Waals surface area contributed by atoms with E-state index in [-0.39, 0.29) is 5.97 Å². The summed E-state index contributed by atoms with van der Waals surface area (Å²) in [5, 5.41) is 5.10. The SMILES string of the molecule is COC(=O)c1cccc2cc3ccc(CBr)cc3cc12. The molecule has 0 unspecified atom stereocenters. The van der Waals surface area contributed by atoms with Crippen molar-refractivity contribution < 1.29 is 9.53 Å². The fraction of sp³-hybridized carbons (Fsp3) is 0.118. The van der Waals surface area contributed by atoms with Crippen LogP contribution >= 0.6 is 15.9 Å². The van der Waals surface area contributed by atoms with E-state index in [1.165, 1.54) is 18.1 Å². The first-order valence-electron chi connectivity index (χ1n) is 6.32. The van der Waals surface area contributed by atoms with Crippen LogP contribution in [0.25, 0.3) is 21.5 Å². The van der Waals surface area contributed by atoms with Gasteiger partial charge in [-0.1, -0.05) is 46.3 Å². The van der Waals surface area contributed by atoms with Crippen molar-refractivity contribution >= 4 is 43.4 Å². The third-order valence-electron chi connectivity index (χ3n) is 3.46. The van der Waals surface area contributed by atoms with Crippen LogP contribution < -0.4 is 0 Å². The lowest BCUT2D eigenvalue weighted by atomic mass is 9.99. The Morgan fingerprint density at radius 3 is 2.65 bits per heavy atom. The predicted molar refractivity (Wildman–Crippen MR) is 85.4 cm³/mol. The summed E-state index contributed by atoms with van der Waals surface area (Å²) in [5.41, 5.74) is 1.82. The zero-order chi connectivity index (χ0) is 14.1. The molecule has 0 amide bonds. The highest BCUT2D eigenvalue weighted by molar-refractivity contribution is 9.08. The maximum Gasteiger partial charge on any atom is 0.338 e. The summed E-state index contributed by atoms with van der Waals surface area (Å²) in [5.74, 6) is -0.299.